The maximum absolute atomic E-state index is 12.6. The van der Waals surface area contributed by atoms with Crippen LogP contribution in [-0.2, 0) is 0 Å². The number of ketones is 1. The summed E-state index contributed by atoms with van der Waals surface area (Å²) in [6.45, 7) is 0. The van der Waals surface area contributed by atoms with E-state index in [4.69, 9.17) is 0 Å². The molecule has 1 aromatic rings. The van der Waals surface area contributed by atoms with Crippen LogP contribution in [0, 0.1) is 37.4 Å². The van der Waals surface area contributed by atoms with Gasteiger partial charge in [0.05, 0.1) is 0 Å². The predicted molar refractivity (Wildman–Crippen MR) is 60.3 cm³/mol. The van der Waals surface area contributed by atoms with Crippen molar-refractivity contribution in [3.8, 4) is 0 Å². The first-order chi connectivity index (χ1) is 7.75. The van der Waals surface area contributed by atoms with Crippen LogP contribution in [0.3, 0.4) is 0 Å². The van der Waals surface area contributed by atoms with Gasteiger partial charge in [-0.25, -0.2) is 4.39 Å². The molecule has 1 nitrogen and oxygen atoms in total. The lowest BCUT2D eigenvalue weighted by molar-refractivity contribution is 0.104. The van der Waals surface area contributed by atoms with Gasteiger partial charge in [-0.15, -0.1) is 0 Å². The number of hydrogen-bond donors (Lipinski definition) is 0. The first-order valence-corrected chi connectivity index (χ1v) is 4.95. The fraction of sp³-hybridized carbons (Fsp3) is 0. The summed E-state index contributed by atoms with van der Waals surface area (Å²) in [5.74, 6) is 0.522. The topological polar surface area (TPSA) is 17.1 Å². The molecule has 0 saturated heterocycles. The Kier molecular flexibility index (Phi) is 3.50. The van der Waals surface area contributed by atoms with Crippen molar-refractivity contribution in [1.82, 2.24) is 0 Å². The Balaban J connectivity index is 1.99. The third kappa shape index (κ3) is 2.78. The van der Waals surface area contributed by atoms with Gasteiger partial charge >= 0.3 is 0 Å². The molecule has 79 valence electrons. The van der Waals surface area contributed by atoms with E-state index in [1.807, 2.05) is 25.7 Å². The zero-order chi connectivity index (χ0) is 11.4. The standard InChI is InChI=1S/C14H10FO/c15-13-8-6-12(7-9-13)14(16)10-5-11-3-1-2-4-11/h1-10H/b10-5+. The van der Waals surface area contributed by atoms with Gasteiger partial charge in [0.2, 0.25) is 0 Å². The Hall–Kier alpha value is -1.44. The summed E-state index contributed by atoms with van der Waals surface area (Å²) < 4.78 is 12.6. The van der Waals surface area contributed by atoms with Crippen molar-refractivity contribution >= 4 is 5.78 Å². The van der Waals surface area contributed by atoms with Crippen LogP contribution in [-0.4, -0.2) is 5.78 Å². The maximum atomic E-state index is 12.6. The third-order valence-electron chi connectivity index (χ3n) is 2.24. The van der Waals surface area contributed by atoms with Gasteiger partial charge in [-0.3, -0.25) is 4.79 Å². The summed E-state index contributed by atoms with van der Waals surface area (Å²) in [6.07, 6.45) is 10.9. The summed E-state index contributed by atoms with van der Waals surface area (Å²) in [7, 11) is 0. The van der Waals surface area contributed by atoms with Gasteiger partial charge in [-0.1, -0.05) is 6.08 Å². The number of allylic oxidation sites excluding steroid dienone is 2. The Bertz CT molecular complexity index is 386. The molecule has 1 fully saturated rings. The molecule has 1 aliphatic rings. The summed E-state index contributed by atoms with van der Waals surface area (Å²) in [4.78, 5) is 11.6. The predicted octanol–water partition coefficient (Wildman–Crippen LogP) is 2.97. The highest BCUT2D eigenvalue weighted by atomic mass is 19.1. The molecule has 0 amide bonds. The number of carbonyl (C=O) groups is 1. The average molecular weight is 213 g/mol. The van der Waals surface area contributed by atoms with E-state index in [0.29, 0.717) is 5.56 Å². The number of rotatable bonds is 3. The minimum atomic E-state index is -0.337. The second-order valence-corrected chi connectivity index (χ2v) is 3.42. The lowest BCUT2D eigenvalue weighted by Crippen LogP contribution is -1.95. The lowest BCUT2D eigenvalue weighted by atomic mass is 10.1. The summed E-state index contributed by atoms with van der Waals surface area (Å²) in [5.41, 5.74) is 0.490. The molecule has 2 rings (SSSR count). The summed E-state index contributed by atoms with van der Waals surface area (Å²) >= 11 is 0. The monoisotopic (exact) mass is 213 g/mol. The Morgan fingerprint density at radius 3 is 2.31 bits per heavy atom. The highest BCUT2D eigenvalue weighted by Gasteiger charge is 2.13. The smallest absolute Gasteiger partial charge is 0.185 e. The Labute approximate surface area is 95.0 Å². The van der Waals surface area contributed by atoms with Crippen LogP contribution in [0.1, 0.15) is 10.4 Å². The van der Waals surface area contributed by atoms with Crippen LogP contribution in [0.15, 0.2) is 36.4 Å². The number of halogens is 1. The van der Waals surface area contributed by atoms with E-state index in [-0.39, 0.29) is 11.6 Å². The van der Waals surface area contributed by atoms with Crippen LogP contribution in [0.5, 0.6) is 0 Å². The van der Waals surface area contributed by atoms with Crippen LogP contribution >= 0.6 is 0 Å². The highest BCUT2D eigenvalue weighted by Crippen LogP contribution is 2.24. The van der Waals surface area contributed by atoms with Crippen LogP contribution in [0.2, 0.25) is 0 Å². The van der Waals surface area contributed by atoms with Crippen molar-refractivity contribution in [3.05, 3.63) is 79.4 Å². The van der Waals surface area contributed by atoms with Crippen LogP contribution < -0.4 is 0 Å². The average Bonchev–Trinajstić information content (AvgIpc) is 2.80. The molecule has 0 N–H and O–H groups in total. The van der Waals surface area contributed by atoms with Crippen molar-refractivity contribution in [2.75, 3.05) is 0 Å². The molecule has 1 saturated carbocycles. The first kappa shape index (κ1) is 11.1. The SMILES string of the molecule is O=C(/C=C/[C]1[CH][CH][CH][CH]1)c1ccc(F)cc1. The molecule has 0 spiro atoms. The molecule has 0 atom stereocenters. The number of hydrogen-bond acceptors (Lipinski definition) is 1. The number of carbonyl (C=O) groups excluding carboxylic acids is 1. The second-order valence-electron chi connectivity index (χ2n) is 3.42. The van der Waals surface area contributed by atoms with E-state index < -0.39 is 0 Å². The molecule has 0 bridgehead atoms. The van der Waals surface area contributed by atoms with Crippen LogP contribution in [0.25, 0.3) is 0 Å². The van der Waals surface area contributed by atoms with E-state index in [1.54, 1.807) is 6.08 Å². The zero-order valence-corrected chi connectivity index (χ0v) is 8.56. The van der Waals surface area contributed by atoms with E-state index in [0.717, 1.165) is 5.92 Å². The minimum Gasteiger partial charge on any atom is -0.289 e. The lowest BCUT2D eigenvalue weighted by Gasteiger charge is -1.99. The molecule has 2 heteroatoms. The fourth-order valence-electron chi connectivity index (χ4n) is 1.38. The van der Waals surface area contributed by atoms with Crippen molar-refractivity contribution in [2.24, 2.45) is 0 Å². The zero-order valence-electron chi connectivity index (χ0n) is 8.56. The number of benzene rings is 1. The van der Waals surface area contributed by atoms with E-state index >= 15 is 0 Å². The van der Waals surface area contributed by atoms with Crippen molar-refractivity contribution < 1.29 is 9.18 Å². The molecule has 0 aromatic heterocycles. The minimum absolute atomic E-state index is 0.124. The van der Waals surface area contributed by atoms with Crippen LogP contribution in [0.4, 0.5) is 4.39 Å². The van der Waals surface area contributed by atoms with E-state index in [9.17, 15) is 9.18 Å². The van der Waals surface area contributed by atoms with Gasteiger partial charge in [0.15, 0.2) is 5.78 Å². The first-order valence-electron chi connectivity index (χ1n) is 4.95. The molecular weight excluding hydrogens is 203 g/mol. The van der Waals surface area contributed by atoms with E-state index in [2.05, 4.69) is 0 Å². The molecule has 1 aliphatic carbocycles. The van der Waals surface area contributed by atoms with Gasteiger partial charge in [0, 0.05) is 11.5 Å². The molecule has 0 heterocycles. The quantitative estimate of drug-likeness (QED) is 0.557. The van der Waals surface area contributed by atoms with Gasteiger partial charge in [-0.05, 0) is 56.0 Å². The van der Waals surface area contributed by atoms with Crippen molar-refractivity contribution in [2.45, 2.75) is 0 Å². The third-order valence-corrected chi connectivity index (χ3v) is 2.24. The fourth-order valence-corrected chi connectivity index (χ4v) is 1.38. The molecule has 5 radical (unpaired) electrons. The molecule has 16 heavy (non-hydrogen) atoms. The maximum Gasteiger partial charge on any atom is 0.185 e. The van der Waals surface area contributed by atoms with Gasteiger partial charge in [0.1, 0.15) is 5.82 Å². The largest absolute Gasteiger partial charge is 0.289 e. The van der Waals surface area contributed by atoms with E-state index in [1.165, 1.54) is 30.3 Å². The molecular formula is C14H10FO. The Morgan fingerprint density at radius 1 is 1.06 bits per heavy atom. The summed E-state index contributed by atoms with van der Waals surface area (Å²) in [6, 6.07) is 5.52. The normalized spacial score (nSPS) is 17.1. The molecule has 0 unspecified atom stereocenters. The Morgan fingerprint density at radius 2 is 1.69 bits per heavy atom. The van der Waals surface area contributed by atoms with Gasteiger partial charge < -0.3 is 0 Å². The molecule has 0 aliphatic heterocycles. The van der Waals surface area contributed by atoms with Gasteiger partial charge in [0.25, 0.3) is 0 Å². The van der Waals surface area contributed by atoms with Crippen molar-refractivity contribution in [3.63, 3.8) is 0 Å². The second kappa shape index (κ2) is 5.06. The summed E-state index contributed by atoms with van der Waals surface area (Å²) in [5, 5.41) is 0. The molecule has 1 aromatic carbocycles. The highest BCUT2D eigenvalue weighted by molar-refractivity contribution is 6.04. The van der Waals surface area contributed by atoms with Gasteiger partial charge in [-0.2, -0.15) is 0 Å². The van der Waals surface area contributed by atoms with Crippen molar-refractivity contribution in [1.29, 1.82) is 0 Å².